The first kappa shape index (κ1) is 15.9. The van der Waals surface area contributed by atoms with E-state index in [0.29, 0.717) is 12.2 Å². The van der Waals surface area contributed by atoms with Crippen LogP contribution in [0, 0.1) is 0 Å². The lowest BCUT2D eigenvalue weighted by molar-refractivity contribution is 0.266. The summed E-state index contributed by atoms with van der Waals surface area (Å²) in [6.45, 7) is 2.56. The van der Waals surface area contributed by atoms with Gasteiger partial charge in [0.2, 0.25) is 0 Å². The Bertz CT molecular complexity index is 450. The van der Waals surface area contributed by atoms with Gasteiger partial charge in [0.25, 0.3) is 5.56 Å². The van der Waals surface area contributed by atoms with E-state index in [1.807, 2.05) is 0 Å². The summed E-state index contributed by atoms with van der Waals surface area (Å²) in [7, 11) is 0. The Morgan fingerprint density at radius 1 is 1.63 bits per heavy atom. The van der Waals surface area contributed by atoms with Crippen molar-refractivity contribution >= 4 is 17.3 Å². The third kappa shape index (κ3) is 4.49. The van der Waals surface area contributed by atoms with Gasteiger partial charge in [0, 0.05) is 12.6 Å². The Balaban J connectivity index is 2.83. The second-order valence-electron chi connectivity index (χ2n) is 4.34. The molecule has 0 saturated carbocycles. The number of unbranched alkanes of at least 4 members (excludes halogenated alkanes) is 1. The first-order valence-corrected chi connectivity index (χ1v) is 6.84. The SMILES string of the molecule is CCCCC(CN)Nc1cnn(CCO)c(=O)c1Cl. The summed E-state index contributed by atoms with van der Waals surface area (Å²) in [6.07, 6.45) is 4.56. The number of aromatic nitrogens is 2. The van der Waals surface area contributed by atoms with Gasteiger partial charge < -0.3 is 16.2 Å². The summed E-state index contributed by atoms with van der Waals surface area (Å²) < 4.78 is 1.14. The average Bonchev–Trinajstić information content (AvgIpc) is 2.42. The van der Waals surface area contributed by atoms with E-state index < -0.39 is 5.56 Å². The molecule has 1 rings (SSSR count). The zero-order valence-electron chi connectivity index (χ0n) is 11.1. The smallest absolute Gasteiger partial charge is 0.287 e. The molecular weight excluding hydrogens is 268 g/mol. The number of nitrogens with zero attached hydrogens (tertiary/aromatic N) is 2. The molecule has 0 radical (unpaired) electrons. The number of rotatable bonds is 8. The molecule has 1 atom stereocenters. The van der Waals surface area contributed by atoms with E-state index in [2.05, 4.69) is 17.3 Å². The largest absolute Gasteiger partial charge is 0.394 e. The van der Waals surface area contributed by atoms with Crippen LogP contribution < -0.4 is 16.6 Å². The van der Waals surface area contributed by atoms with E-state index in [9.17, 15) is 4.79 Å². The molecule has 0 fully saturated rings. The zero-order chi connectivity index (χ0) is 14.3. The Labute approximate surface area is 117 Å². The maximum Gasteiger partial charge on any atom is 0.287 e. The van der Waals surface area contributed by atoms with Gasteiger partial charge in [-0.25, -0.2) is 4.68 Å². The summed E-state index contributed by atoms with van der Waals surface area (Å²) in [5, 5.41) is 16.0. The van der Waals surface area contributed by atoms with Crippen LogP contribution >= 0.6 is 11.6 Å². The van der Waals surface area contributed by atoms with Crippen molar-refractivity contribution in [3.63, 3.8) is 0 Å². The van der Waals surface area contributed by atoms with Crippen molar-refractivity contribution in [1.29, 1.82) is 0 Å². The van der Waals surface area contributed by atoms with Crippen molar-refractivity contribution in [1.82, 2.24) is 9.78 Å². The molecule has 0 aliphatic rings. The van der Waals surface area contributed by atoms with Crippen LogP contribution in [-0.4, -0.2) is 34.1 Å². The number of aliphatic hydroxyl groups excluding tert-OH is 1. The van der Waals surface area contributed by atoms with Gasteiger partial charge >= 0.3 is 0 Å². The van der Waals surface area contributed by atoms with Gasteiger partial charge in [-0.1, -0.05) is 31.4 Å². The molecule has 7 heteroatoms. The lowest BCUT2D eigenvalue weighted by Crippen LogP contribution is -2.31. The highest BCUT2D eigenvalue weighted by Gasteiger charge is 2.12. The molecule has 0 saturated heterocycles. The van der Waals surface area contributed by atoms with Gasteiger partial charge in [0.15, 0.2) is 0 Å². The van der Waals surface area contributed by atoms with E-state index in [4.69, 9.17) is 22.4 Å². The molecule has 0 bridgehead atoms. The highest BCUT2D eigenvalue weighted by Crippen LogP contribution is 2.17. The summed E-state index contributed by atoms with van der Waals surface area (Å²) in [4.78, 5) is 11.8. The Morgan fingerprint density at radius 3 is 2.95 bits per heavy atom. The van der Waals surface area contributed by atoms with Gasteiger partial charge in [0.05, 0.1) is 25.0 Å². The molecule has 1 aromatic rings. The second-order valence-corrected chi connectivity index (χ2v) is 4.72. The summed E-state index contributed by atoms with van der Waals surface area (Å²) >= 11 is 6.01. The van der Waals surface area contributed by atoms with Crippen molar-refractivity contribution in [3.8, 4) is 0 Å². The number of anilines is 1. The van der Waals surface area contributed by atoms with Crippen LogP contribution in [0.25, 0.3) is 0 Å². The molecule has 0 aliphatic carbocycles. The van der Waals surface area contributed by atoms with Crippen LogP contribution in [0.5, 0.6) is 0 Å². The monoisotopic (exact) mass is 288 g/mol. The van der Waals surface area contributed by atoms with E-state index in [1.54, 1.807) is 0 Å². The molecule has 0 spiro atoms. The highest BCUT2D eigenvalue weighted by molar-refractivity contribution is 6.32. The fourth-order valence-corrected chi connectivity index (χ4v) is 1.94. The van der Waals surface area contributed by atoms with Crippen molar-refractivity contribution in [2.75, 3.05) is 18.5 Å². The standard InChI is InChI=1S/C12H21ClN4O2/c1-2-3-4-9(7-14)16-10-8-15-17(5-6-18)12(19)11(10)13/h8-9,16,18H,2-7,14H2,1H3. The molecule has 6 nitrogen and oxygen atoms in total. The Hall–Kier alpha value is -1.11. The molecule has 19 heavy (non-hydrogen) atoms. The van der Waals surface area contributed by atoms with Crippen LogP contribution in [0.2, 0.25) is 5.02 Å². The number of halogens is 1. The van der Waals surface area contributed by atoms with Crippen molar-refractivity contribution in [2.24, 2.45) is 5.73 Å². The third-order valence-electron chi connectivity index (χ3n) is 2.85. The minimum absolute atomic E-state index is 0.0762. The minimum atomic E-state index is -0.410. The molecule has 1 heterocycles. The fraction of sp³-hybridized carbons (Fsp3) is 0.667. The molecule has 0 aromatic carbocycles. The average molecular weight is 289 g/mol. The highest BCUT2D eigenvalue weighted by atomic mass is 35.5. The van der Waals surface area contributed by atoms with E-state index in [1.165, 1.54) is 6.20 Å². The first-order valence-electron chi connectivity index (χ1n) is 6.47. The number of nitrogens with one attached hydrogen (secondary N) is 1. The molecule has 108 valence electrons. The van der Waals surface area contributed by atoms with Gasteiger partial charge in [-0.15, -0.1) is 0 Å². The van der Waals surface area contributed by atoms with Gasteiger partial charge in [-0.05, 0) is 6.42 Å². The number of hydrogen-bond donors (Lipinski definition) is 3. The third-order valence-corrected chi connectivity index (χ3v) is 3.21. The normalized spacial score (nSPS) is 12.4. The fourth-order valence-electron chi connectivity index (χ4n) is 1.74. The minimum Gasteiger partial charge on any atom is -0.394 e. The number of nitrogens with two attached hydrogens (primary N) is 1. The zero-order valence-corrected chi connectivity index (χ0v) is 11.9. The van der Waals surface area contributed by atoms with Crippen molar-refractivity contribution < 1.29 is 5.11 Å². The maximum atomic E-state index is 11.8. The number of hydrogen-bond acceptors (Lipinski definition) is 5. The van der Waals surface area contributed by atoms with Gasteiger partial charge in [0.1, 0.15) is 5.02 Å². The van der Waals surface area contributed by atoms with E-state index >= 15 is 0 Å². The second kappa shape index (κ2) is 8.14. The molecular formula is C12H21ClN4O2. The van der Waals surface area contributed by atoms with Crippen LogP contribution in [0.15, 0.2) is 11.0 Å². The Kier molecular flexibility index (Phi) is 6.83. The molecule has 1 unspecified atom stereocenters. The summed E-state index contributed by atoms with van der Waals surface area (Å²) in [6, 6.07) is 0.0762. The predicted octanol–water partition coefficient (Wildman–Crippen LogP) is 0.818. The maximum absolute atomic E-state index is 11.8. The summed E-state index contributed by atoms with van der Waals surface area (Å²) in [5.74, 6) is 0. The van der Waals surface area contributed by atoms with Gasteiger partial charge in [-0.3, -0.25) is 4.79 Å². The molecule has 4 N–H and O–H groups in total. The van der Waals surface area contributed by atoms with Crippen LogP contribution in [0.1, 0.15) is 26.2 Å². The summed E-state index contributed by atoms with van der Waals surface area (Å²) in [5.41, 5.74) is 5.77. The molecule has 0 aliphatic heterocycles. The number of aliphatic hydroxyl groups is 1. The van der Waals surface area contributed by atoms with E-state index in [-0.39, 0.29) is 24.2 Å². The lowest BCUT2D eigenvalue weighted by atomic mass is 10.1. The van der Waals surface area contributed by atoms with E-state index in [0.717, 1.165) is 23.9 Å². The van der Waals surface area contributed by atoms with Crippen molar-refractivity contribution in [3.05, 3.63) is 21.6 Å². The Morgan fingerprint density at radius 2 is 2.37 bits per heavy atom. The van der Waals surface area contributed by atoms with Crippen LogP contribution in [0.4, 0.5) is 5.69 Å². The van der Waals surface area contributed by atoms with Crippen LogP contribution in [0.3, 0.4) is 0 Å². The predicted molar refractivity (Wildman–Crippen MR) is 76.6 cm³/mol. The molecule has 0 amide bonds. The quantitative estimate of drug-likeness (QED) is 0.658. The lowest BCUT2D eigenvalue weighted by Gasteiger charge is -2.18. The van der Waals surface area contributed by atoms with Crippen molar-refractivity contribution in [2.45, 2.75) is 38.8 Å². The van der Waals surface area contributed by atoms with Crippen LogP contribution in [-0.2, 0) is 6.54 Å². The molecule has 1 aromatic heterocycles. The van der Waals surface area contributed by atoms with Gasteiger partial charge in [-0.2, -0.15) is 5.10 Å². The topological polar surface area (TPSA) is 93.2 Å². The first-order chi connectivity index (χ1) is 9.13.